The Morgan fingerprint density at radius 3 is 2.34 bits per heavy atom. The highest BCUT2D eigenvalue weighted by Crippen LogP contribution is 2.63. The molecule has 44 heavy (non-hydrogen) atoms. The monoisotopic (exact) mass is 648 g/mol. The molecule has 0 amide bonds. The van der Waals surface area contributed by atoms with Gasteiger partial charge in [0.15, 0.2) is 0 Å². The molecular formula is C34H49F5O4S. The van der Waals surface area contributed by atoms with Crippen LogP contribution in [0.15, 0.2) is 18.2 Å². The summed E-state index contributed by atoms with van der Waals surface area (Å²) in [7, 11) is -2.23. The predicted octanol–water partition coefficient (Wildman–Crippen LogP) is 9.25. The Morgan fingerprint density at radius 1 is 1.05 bits per heavy atom. The lowest BCUT2D eigenvalue weighted by Crippen LogP contribution is -2.49. The first-order valence-electron chi connectivity index (χ1n) is 16.5. The van der Waals surface area contributed by atoms with Crippen LogP contribution in [0.3, 0.4) is 0 Å². The van der Waals surface area contributed by atoms with Gasteiger partial charge >= 0.3 is 18.1 Å². The first kappa shape index (κ1) is 35.1. The number of alkyl halides is 5. The van der Waals surface area contributed by atoms with Gasteiger partial charge in [-0.05, 0) is 98.3 Å². The van der Waals surface area contributed by atoms with E-state index in [1.165, 1.54) is 25.0 Å². The predicted molar refractivity (Wildman–Crippen MR) is 162 cm³/mol. The minimum Gasteiger partial charge on any atom is -0.508 e. The standard InChI is InChI=1S/C34H49F5O4S/c1-4-30(33(35,36)34(37,38)39)44(42)19-11-9-7-5-6-8-10-12-23-20-24-21-25(41)13-14-26(24)27-17-18-32(3)28(31(23)27)15-16-29(32)43-22(2)40/h13-14,21,23,27-31,41H,4-12,15-20H2,1-3H3/t23-,27?,28?,29+,30?,31?,32+,44?/m1/s1. The summed E-state index contributed by atoms with van der Waals surface area (Å²) in [5.41, 5.74) is 2.61. The van der Waals surface area contributed by atoms with Gasteiger partial charge in [-0.25, -0.2) is 0 Å². The Morgan fingerprint density at radius 2 is 1.70 bits per heavy atom. The lowest BCUT2D eigenvalue weighted by atomic mass is 9.52. The van der Waals surface area contributed by atoms with Gasteiger partial charge in [0.2, 0.25) is 0 Å². The molecule has 0 aromatic heterocycles. The highest BCUT2D eigenvalue weighted by atomic mass is 32.2. The van der Waals surface area contributed by atoms with Crippen molar-refractivity contribution in [1.82, 2.24) is 0 Å². The van der Waals surface area contributed by atoms with Crippen molar-refractivity contribution in [2.24, 2.45) is 23.2 Å². The lowest BCUT2D eigenvalue weighted by Gasteiger charge is -2.53. The van der Waals surface area contributed by atoms with Crippen molar-refractivity contribution >= 4 is 16.8 Å². The molecule has 10 heteroatoms. The molecule has 1 aromatic carbocycles. The third-order valence-corrected chi connectivity index (χ3v) is 13.0. The molecule has 250 valence electrons. The lowest BCUT2D eigenvalue weighted by molar-refractivity contribution is -0.281. The third-order valence-electron chi connectivity index (χ3n) is 11.0. The van der Waals surface area contributed by atoms with Gasteiger partial charge in [-0.3, -0.25) is 9.00 Å². The Kier molecular flexibility index (Phi) is 11.5. The fourth-order valence-electron chi connectivity index (χ4n) is 8.87. The number of halogens is 5. The maximum Gasteiger partial charge on any atom is 0.454 e. The molecule has 2 saturated carbocycles. The van der Waals surface area contributed by atoms with Crippen LogP contribution >= 0.6 is 0 Å². The Bertz CT molecular complexity index is 1160. The van der Waals surface area contributed by atoms with Crippen LogP contribution < -0.4 is 0 Å². The quantitative estimate of drug-likeness (QED) is 0.124. The number of rotatable bonds is 14. The summed E-state index contributed by atoms with van der Waals surface area (Å²) in [6.45, 7) is 5.04. The van der Waals surface area contributed by atoms with E-state index in [1.54, 1.807) is 6.07 Å². The zero-order chi connectivity index (χ0) is 32.3. The number of fused-ring (bicyclic) bond motifs is 5. The average Bonchev–Trinajstić information content (AvgIpc) is 3.26. The minimum atomic E-state index is -5.69. The van der Waals surface area contributed by atoms with Gasteiger partial charge in [-0.15, -0.1) is 0 Å². The van der Waals surface area contributed by atoms with Gasteiger partial charge in [0.25, 0.3) is 0 Å². The van der Waals surface area contributed by atoms with Crippen LogP contribution in [0.2, 0.25) is 0 Å². The summed E-state index contributed by atoms with van der Waals surface area (Å²) in [6.07, 6.45) is 5.87. The number of benzene rings is 1. The van der Waals surface area contributed by atoms with Gasteiger partial charge in [0, 0.05) is 28.9 Å². The van der Waals surface area contributed by atoms with Crippen molar-refractivity contribution in [3.8, 4) is 5.75 Å². The van der Waals surface area contributed by atoms with E-state index in [0.717, 1.165) is 70.6 Å². The van der Waals surface area contributed by atoms with E-state index in [-0.39, 0.29) is 23.2 Å². The topological polar surface area (TPSA) is 63.6 Å². The van der Waals surface area contributed by atoms with E-state index < -0.39 is 34.6 Å². The molecule has 3 aliphatic rings. The maximum absolute atomic E-state index is 13.7. The van der Waals surface area contributed by atoms with Gasteiger partial charge in [-0.1, -0.05) is 58.4 Å². The first-order valence-corrected chi connectivity index (χ1v) is 17.9. The SMILES string of the molecule is CCC(S(=O)CCCCCCCCC[C@@H]1Cc2cc(O)ccc2C2CC[C@@]3(C)C(CC[C@@H]3OC(C)=O)C21)C(F)(F)C(F)(F)F. The van der Waals surface area contributed by atoms with Crippen LogP contribution in [0.4, 0.5) is 22.0 Å². The molecule has 1 N–H and O–H groups in total. The molecule has 0 heterocycles. The number of phenolic OH excluding ortho intramolecular Hbond substituents is 1. The van der Waals surface area contributed by atoms with Crippen molar-refractivity contribution in [2.75, 3.05) is 5.75 Å². The van der Waals surface area contributed by atoms with Crippen LogP contribution in [-0.4, -0.2) is 44.5 Å². The van der Waals surface area contributed by atoms with Gasteiger partial charge in [0.1, 0.15) is 17.1 Å². The molecule has 2 fully saturated rings. The number of aromatic hydroxyl groups is 1. The number of unbranched alkanes of at least 4 members (excludes halogenated alkanes) is 6. The Balaban J connectivity index is 1.26. The van der Waals surface area contributed by atoms with Crippen LogP contribution in [0.1, 0.15) is 121 Å². The largest absolute Gasteiger partial charge is 0.508 e. The third kappa shape index (κ3) is 7.46. The van der Waals surface area contributed by atoms with Crippen LogP contribution in [0.5, 0.6) is 5.75 Å². The summed E-state index contributed by atoms with van der Waals surface area (Å²) in [5.74, 6) is -3.02. The molecule has 4 rings (SSSR count). The fourth-order valence-corrected chi connectivity index (χ4v) is 10.5. The number of phenols is 1. The summed E-state index contributed by atoms with van der Waals surface area (Å²) in [5, 5.41) is 8.01. The Labute approximate surface area is 261 Å². The number of carbonyl (C=O) groups is 1. The van der Waals surface area contributed by atoms with Crippen LogP contribution in [0.25, 0.3) is 0 Å². The van der Waals surface area contributed by atoms with E-state index >= 15 is 0 Å². The van der Waals surface area contributed by atoms with E-state index in [0.29, 0.717) is 42.3 Å². The molecule has 3 aliphatic carbocycles. The smallest absolute Gasteiger partial charge is 0.454 e. The molecule has 0 bridgehead atoms. The molecule has 0 aliphatic heterocycles. The zero-order valence-electron chi connectivity index (χ0n) is 26.3. The highest BCUT2D eigenvalue weighted by molar-refractivity contribution is 7.85. The second-order valence-corrected chi connectivity index (χ2v) is 15.5. The van der Waals surface area contributed by atoms with Crippen molar-refractivity contribution in [3.05, 3.63) is 29.3 Å². The molecule has 4 nitrogen and oxygen atoms in total. The molecule has 0 radical (unpaired) electrons. The molecule has 8 atom stereocenters. The number of hydrogen-bond acceptors (Lipinski definition) is 4. The zero-order valence-corrected chi connectivity index (χ0v) is 27.1. The van der Waals surface area contributed by atoms with Gasteiger partial charge < -0.3 is 9.84 Å². The molecule has 1 aromatic rings. The fraction of sp³-hybridized carbons (Fsp3) is 0.794. The number of carbonyl (C=O) groups excluding carboxylic acids is 1. The van der Waals surface area contributed by atoms with E-state index in [4.69, 9.17) is 4.74 Å². The molecule has 0 saturated heterocycles. The highest BCUT2D eigenvalue weighted by Gasteiger charge is 2.63. The van der Waals surface area contributed by atoms with Crippen molar-refractivity contribution in [3.63, 3.8) is 0 Å². The van der Waals surface area contributed by atoms with Crippen molar-refractivity contribution in [2.45, 2.75) is 140 Å². The van der Waals surface area contributed by atoms with E-state index in [1.807, 2.05) is 6.07 Å². The summed E-state index contributed by atoms with van der Waals surface area (Å²) >= 11 is 0. The molecular weight excluding hydrogens is 599 g/mol. The van der Waals surface area contributed by atoms with Crippen molar-refractivity contribution < 1.29 is 40.8 Å². The Hall–Kier alpha value is -1.71. The summed E-state index contributed by atoms with van der Waals surface area (Å²) < 4.78 is 83.7. The van der Waals surface area contributed by atoms with E-state index in [9.17, 15) is 36.1 Å². The molecule has 5 unspecified atom stereocenters. The summed E-state index contributed by atoms with van der Waals surface area (Å²) in [4.78, 5) is 11.9. The number of hydrogen-bond donors (Lipinski definition) is 1. The second-order valence-electron chi connectivity index (χ2n) is 13.7. The second kappa shape index (κ2) is 14.4. The van der Waals surface area contributed by atoms with E-state index in [2.05, 4.69) is 13.0 Å². The van der Waals surface area contributed by atoms with Gasteiger partial charge in [0.05, 0.1) is 0 Å². The number of ether oxygens (including phenoxy) is 1. The minimum absolute atomic E-state index is 0.0109. The van der Waals surface area contributed by atoms with Gasteiger partial charge in [-0.2, -0.15) is 22.0 Å². The first-order chi connectivity index (χ1) is 20.7. The van der Waals surface area contributed by atoms with Crippen LogP contribution in [-0.2, 0) is 26.8 Å². The van der Waals surface area contributed by atoms with Crippen molar-refractivity contribution in [1.29, 1.82) is 0 Å². The normalized spacial score (nSPS) is 29.8. The maximum atomic E-state index is 13.7. The van der Waals surface area contributed by atoms with Crippen LogP contribution in [0, 0.1) is 23.2 Å². The molecule has 0 spiro atoms. The number of esters is 1. The summed E-state index contributed by atoms with van der Waals surface area (Å²) in [6, 6.07) is 5.85. The average molecular weight is 649 g/mol.